The maximum Gasteiger partial charge on any atom is 0.162 e. The van der Waals surface area contributed by atoms with Crippen LogP contribution in [0.4, 0.5) is 0 Å². The minimum Gasteiger partial charge on any atom is -0.390 e. The SMILES string of the molecule is CC1C[C@@](C)(O)C[C@H]2CC[C@@H]3[C@H](CC[C@]4(C)C(C(=O)Cn5ccc(C#N)n5)CC[C@@H]34)[C@@H]12. The van der Waals surface area contributed by atoms with Crippen molar-refractivity contribution in [1.29, 1.82) is 5.26 Å². The summed E-state index contributed by atoms with van der Waals surface area (Å²) in [6, 6.07) is 3.73. The van der Waals surface area contributed by atoms with E-state index in [-0.39, 0.29) is 11.3 Å². The highest BCUT2D eigenvalue weighted by atomic mass is 16.3. The van der Waals surface area contributed by atoms with Crippen LogP contribution in [0.1, 0.15) is 77.8 Å². The van der Waals surface area contributed by atoms with E-state index in [1.54, 1.807) is 16.9 Å². The first-order valence-corrected chi connectivity index (χ1v) is 12.4. The van der Waals surface area contributed by atoms with Crippen molar-refractivity contribution in [3.8, 4) is 6.07 Å². The van der Waals surface area contributed by atoms with Gasteiger partial charge in [-0.3, -0.25) is 9.48 Å². The third-order valence-electron chi connectivity index (χ3n) is 9.98. The second kappa shape index (κ2) is 7.44. The smallest absolute Gasteiger partial charge is 0.162 e. The quantitative estimate of drug-likeness (QED) is 0.771. The van der Waals surface area contributed by atoms with E-state index in [0.29, 0.717) is 35.8 Å². The third kappa shape index (κ3) is 3.46. The van der Waals surface area contributed by atoms with Crippen LogP contribution < -0.4 is 0 Å². The molecule has 5 heteroatoms. The fourth-order valence-corrected chi connectivity index (χ4v) is 9.07. The fourth-order valence-electron chi connectivity index (χ4n) is 9.07. The summed E-state index contributed by atoms with van der Waals surface area (Å²) in [4.78, 5) is 13.3. The first-order chi connectivity index (χ1) is 14.7. The van der Waals surface area contributed by atoms with E-state index < -0.39 is 5.60 Å². The lowest BCUT2D eigenvalue weighted by Crippen LogP contribution is -2.53. The number of nitriles is 1. The highest BCUT2D eigenvalue weighted by molar-refractivity contribution is 5.82. The highest BCUT2D eigenvalue weighted by Gasteiger charge is 2.59. The zero-order valence-corrected chi connectivity index (χ0v) is 19.3. The first kappa shape index (κ1) is 21.2. The minimum absolute atomic E-state index is 0.111. The molecule has 168 valence electrons. The van der Waals surface area contributed by atoms with Gasteiger partial charge in [0.25, 0.3) is 0 Å². The molecule has 4 aliphatic carbocycles. The molecule has 0 saturated heterocycles. The predicted octanol–water partition coefficient (Wildman–Crippen LogP) is 4.59. The monoisotopic (exact) mass is 423 g/mol. The van der Waals surface area contributed by atoms with Gasteiger partial charge in [0, 0.05) is 12.1 Å². The topological polar surface area (TPSA) is 78.9 Å². The summed E-state index contributed by atoms with van der Waals surface area (Å²) >= 11 is 0. The number of Topliss-reactive ketones (excluding diaryl/α,β-unsaturated/α-hetero) is 1. The molecule has 1 aromatic rings. The molecular weight excluding hydrogens is 386 g/mol. The number of hydrogen-bond donors (Lipinski definition) is 1. The maximum atomic E-state index is 13.3. The number of hydrogen-bond acceptors (Lipinski definition) is 4. The van der Waals surface area contributed by atoms with Crippen LogP contribution in [0.15, 0.2) is 12.3 Å². The van der Waals surface area contributed by atoms with Crippen molar-refractivity contribution in [3.63, 3.8) is 0 Å². The van der Waals surface area contributed by atoms with E-state index in [9.17, 15) is 9.90 Å². The van der Waals surface area contributed by atoms with Gasteiger partial charge in [-0.05, 0) is 105 Å². The molecule has 9 atom stereocenters. The summed E-state index contributed by atoms with van der Waals surface area (Å²) in [5.41, 5.74) is 0.000161. The Bertz CT molecular complexity index is 899. The fraction of sp³-hybridized carbons (Fsp3) is 0.808. The van der Waals surface area contributed by atoms with E-state index in [2.05, 4.69) is 18.9 Å². The average Bonchev–Trinajstić information content (AvgIpc) is 3.30. The van der Waals surface area contributed by atoms with E-state index in [1.807, 2.05) is 13.0 Å². The van der Waals surface area contributed by atoms with Crippen LogP contribution in [-0.2, 0) is 11.3 Å². The van der Waals surface area contributed by atoms with Gasteiger partial charge in [-0.25, -0.2) is 0 Å². The largest absolute Gasteiger partial charge is 0.390 e. The molecule has 5 nitrogen and oxygen atoms in total. The molecule has 2 unspecified atom stereocenters. The van der Waals surface area contributed by atoms with Gasteiger partial charge in [0.15, 0.2) is 11.5 Å². The molecule has 5 rings (SSSR count). The summed E-state index contributed by atoms with van der Waals surface area (Å²) in [7, 11) is 0. The lowest BCUT2D eigenvalue weighted by Gasteiger charge is -2.58. The number of carbonyl (C=O) groups is 1. The number of ketones is 1. The van der Waals surface area contributed by atoms with Gasteiger partial charge in [0.2, 0.25) is 0 Å². The Morgan fingerprint density at radius 2 is 2.03 bits per heavy atom. The van der Waals surface area contributed by atoms with E-state index in [1.165, 1.54) is 25.7 Å². The molecule has 1 heterocycles. The molecule has 0 spiro atoms. The molecule has 1 aromatic heterocycles. The molecule has 31 heavy (non-hydrogen) atoms. The first-order valence-electron chi connectivity index (χ1n) is 12.4. The zero-order chi connectivity index (χ0) is 22.0. The maximum absolute atomic E-state index is 13.3. The van der Waals surface area contributed by atoms with Gasteiger partial charge in [-0.15, -0.1) is 0 Å². The van der Waals surface area contributed by atoms with Gasteiger partial charge < -0.3 is 5.11 Å². The van der Waals surface area contributed by atoms with Crippen molar-refractivity contribution < 1.29 is 9.90 Å². The summed E-state index contributed by atoms with van der Waals surface area (Å²) in [5.74, 6) is 4.63. The molecule has 4 saturated carbocycles. The average molecular weight is 424 g/mol. The van der Waals surface area contributed by atoms with Crippen LogP contribution in [-0.4, -0.2) is 26.3 Å². The molecule has 4 aliphatic rings. The molecule has 1 N–H and O–H groups in total. The normalized spacial score (nSPS) is 46.5. The van der Waals surface area contributed by atoms with Gasteiger partial charge >= 0.3 is 0 Å². The number of fused-ring (bicyclic) bond motifs is 5. The van der Waals surface area contributed by atoms with Crippen LogP contribution in [0.3, 0.4) is 0 Å². The van der Waals surface area contributed by atoms with E-state index in [0.717, 1.165) is 43.4 Å². The summed E-state index contributed by atoms with van der Waals surface area (Å²) < 4.78 is 1.64. The molecule has 0 radical (unpaired) electrons. The second-order valence-electron chi connectivity index (χ2n) is 11.9. The number of aliphatic hydroxyl groups is 1. The van der Waals surface area contributed by atoms with Gasteiger partial charge in [-0.2, -0.15) is 10.4 Å². The standard InChI is InChI=1S/C26H37N3O2/c1-16-12-25(2,31)13-17-4-5-19-20(24(16)17)8-10-26(3)21(19)6-7-22(26)23(30)15-29-11-9-18(14-27)28-29/h9,11,16-17,19-22,24,31H,4-8,10,12-13,15H2,1-3H3/t16?,17-,19-,20+,21+,22?,24+,25-,26+/m1/s1. The van der Waals surface area contributed by atoms with Gasteiger partial charge in [0.1, 0.15) is 6.07 Å². The van der Waals surface area contributed by atoms with Crippen molar-refractivity contribution in [2.75, 3.05) is 0 Å². The Kier molecular flexibility index (Phi) is 5.09. The summed E-state index contributed by atoms with van der Waals surface area (Å²) in [5, 5.41) is 24.0. The van der Waals surface area contributed by atoms with Crippen LogP contribution in [0, 0.1) is 58.2 Å². The van der Waals surface area contributed by atoms with Crippen LogP contribution >= 0.6 is 0 Å². The lowest BCUT2D eigenvalue weighted by molar-refractivity contribution is -0.137. The van der Waals surface area contributed by atoms with E-state index in [4.69, 9.17) is 5.26 Å². The Balaban J connectivity index is 1.32. The number of aromatic nitrogens is 2. The van der Waals surface area contributed by atoms with Crippen molar-refractivity contribution in [3.05, 3.63) is 18.0 Å². The Morgan fingerprint density at radius 3 is 2.77 bits per heavy atom. The highest BCUT2D eigenvalue weighted by Crippen LogP contribution is 2.65. The molecule has 0 bridgehead atoms. The molecule has 0 aromatic carbocycles. The summed E-state index contributed by atoms with van der Waals surface area (Å²) in [6.07, 6.45) is 10.8. The van der Waals surface area contributed by atoms with Crippen LogP contribution in [0.5, 0.6) is 0 Å². The van der Waals surface area contributed by atoms with Crippen molar-refractivity contribution in [1.82, 2.24) is 9.78 Å². The van der Waals surface area contributed by atoms with E-state index >= 15 is 0 Å². The zero-order valence-electron chi connectivity index (χ0n) is 19.3. The molecule has 4 fully saturated rings. The number of rotatable bonds is 3. The van der Waals surface area contributed by atoms with Crippen LogP contribution in [0.25, 0.3) is 0 Å². The Hall–Kier alpha value is -1.67. The second-order valence-corrected chi connectivity index (χ2v) is 11.9. The van der Waals surface area contributed by atoms with Crippen LogP contribution in [0.2, 0.25) is 0 Å². The minimum atomic E-state index is -0.487. The third-order valence-corrected chi connectivity index (χ3v) is 9.98. The molecule has 0 amide bonds. The van der Waals surface area contributed by atoms with Crippen molar-refractivity contribution in [2.45, 2.75) is 84.3 Å². The number of carbonyl (C=O) groups excluding carboxylic acids is 1. The van der Waals surface area contributed by atoms with Gasteiger partial charge in [0.05, 0.1) is 12.1 Å². The molecule has 0 aliphatic heterocycles. The summed E-state index contributed by atoms with van der Waals surface area (Å²) in [6.45, 7) is 7.10. The molecular formula is C26H37N3O2. The van der Waals surface area contributed by atoms with Gasteiger partial charge in [-0.1, -0.05) is 13.8 Å². The van der Waals surface area contributed by atoms with Crippen molar-refractivity contribution in [2.24, 2.45) is 46.8 Å². The lowest BCUT2D eigenvalue weighted by atomic mass is 9.47. The Morgan fingerprint density at radius 1 is 1.23 bits per heavy atom. The van der Waals surface area contributed by atoms with Crippen molar-refractivity contribution >= 4 is 5.78 Å². The number of nitrogens with zero attached hydrogens (tertiary/aromatic N) is 3. The Labute approximate surface area is 186 Å². The predicted molar refractivity (Wildman–Crippen MR) is 118 cm³/mol.